The van der Waals surface area contributed by atoms with Crippen molar-refractivity contribution in [1.82, 2.24) is 15.1 Å². The number of carbonyl (C=O) groups is 1. The van der Waals surface area contributed by atoms with E-state index in [1.54, 1.807) is 14.0 Å². The van der Waals surface area contributed by atoms with E-state index in [-0.39, 0.29) is 11.4 Å². The molecule has 1 aromatic heterocycles. The van der Waals surface area contributed by atoms with Gasteiger partial charge in [0.25, 0.3) is 0 Å². The van der Waals surface area contributed by atoms with Gasteiger partial charge in [0.05, 0.1) is 32.0 Å². The molecule has 6 nitrogen and oxygen atoms in total. The van der Waals surface area contributed by atoms with Gasteiger partial charge < -0.3 is 9.47 Å². The fraction of sp³-hybridized carbons (Fsp3) is 0.636. The highest BCUT2D eigenvalue weighted by atomic mass is 19.4. The molecule has 0 bridgehead atoms. The quantitative estimate of drug-likeness (QED) is 0.824. The molecule has 1 N–H and O–H groups in total. The summed E-state index contributed by atoms with van der Waals surface area (Å²) >= 11 is 0. The predicted octanol–water partition coefficient (Wildman–Crippen LogP) is 1.10. The number of aryl methyl sites for hydroxylation is 2. The molecule has 0 saturated carbocycles. The molecular formula is C11H16F3N3O3. The maximum Gasteiger partial charge on any atom is 0.401 e. The Morgan fingerprint density at radius 1 is 1.45 bits per heavy atom. The molecule has 1 aromatic rings. The van der Waals surface area contributed by atoms with E-state index in [9.17, 15) is 18.0 Å². The summed E-state index contributed by atoms with van der Waals surface area (Å²) in [6.07, 6.45) is -4.45. The average molecular weight is 295 g/mol. The molecule has 1 rings (SSSR count). The van der Waals surface area contributed by atoms with Crippen LogP contribution in [-0.4, -0.2) is 42.7 Å². The van der Waals surface area contributed by atoms with Crippen molar-refractivity contribution >= 4 is 5.97 Å². The van der Waals surface area contributed by atoms with E-state index in [0.717, 1.165) is 7.11 Å². The van der Waals surface area contributed by atoms with Crippen molar-refractivity contribution in [2.24, 2.45) is 7.05 Å². The smallest absolute Gasteiger partial charge is 0.401 e. The molecule has 0 fully saturated rings. The molecule has 0 spiro atoms. The largest absolute Gasteiger partial charge is 0.481 e. The minimum Gasteiger partial charge on any atom is -0.481 e. The number of hydrogen-bond donors (Lipinski definition) is 1. The second-order valence-electron chi connectivity index (χ2n) is 4.08. The molecule has 1 heterocycles. The van der Waals surface area contributed by atoms with Gasteiger partial charge in [0.15, 0.2) is 0 Å². The van der Waals surface area contributed by atoms with Crippen LogP contribution in [0.5, 0.6) is 5.88 Å². The Kier molecular flexibility index (Phi) is 4.98. The number of rotatable bonds is 5. The first-order chi connectivity index (χ1) is 9.21. The molecule has 0 amide bonds. The van der Waals surface area contributed by atoms with Crippen LogP contribution >= 0.6 is 0 Å². The summed E-state index contributed by atoms with van der Waals surface area (Å²) in [5, 5.41) is 6.15. The van der Waals surface area contributed by atoms with Gasteiger partial charge in [-0.05, 0) is 6.92 Å². The van der Waals surface area contributed by atoms with Crippen LogP contribution in [0.3, 0.4) is 0 Å². The van der Waals surface area contributed by atoms with Crippen molar-refractivity contribution < 1.29 is 27.4 Å². The van der Waals surface area contributed by atoms with Gasteiger partial charge in [-0.1, -0.05) is 0 Å². The Labute approximate surface area is 113 Å². The highest BCUT2D eigenvalue weighted by Gasteiger charge is 2.34. The monoisotopic (exact) mass is 295 g/mol. The van der Waals surface area contributed by atoms with E-state index in [0.29, 0.717) is 5.69 Å². The minimum absolute atomic E-state index is 0.201. The summed E-state index contributed by atoms with van der Waals surface area (Å²) in [5.74, 6) is -0.642. The second kappa shape index (κ2) is 6.12. The fourth-order valence-corrected chi connectivity index (χ4v) is 1.87. The van der Waals surface area contributed by atoms with Gasteiger partial charge in [0, 0.05) is 7.05 Å². The molecule has 114 valence electrons. The van der Waals surface area contributed by atoms with Gasteiger partial charge in [-0.3, -0.25) is 5.32 Å². The molecule has 0 aliphatic carbocycles. The molecule has 0 aliphatic rings. The number of alkyl halides is 3. The molecule has 9 heteroatoms. The third-order valence-electron chi connectivity index (χ3n) is 2.64. The topological polar surface area (TPSA) is 65.4 Å². The van der Waals surface area contributed by atoms with E-state index in [4.69, 9.17) is 4.74 Å². The lowest BCUT2D eigenvalue weighted by Gasteiger charge is -2.18. The first kappa shape index (κ1) is 16.3. The number of esters is 1. The number of aromatic nitrogens is 2. The van der Waals surface area contributed by atoms with Crippen molar-refractivity contribution in [3.8, 4) is 5.88 Å². The minimum atomic E-state index is -4.45. The first-order valence-corrected chi connectivity index (χ1v) is 5.66. The normalized spacial score (nSPS) is 13.2. The lowest BCUT2D eigenvalue weighted by molar-refractivity contribution is -0.146. The van der Waals surface area contributed by atoms with Crippen molar-refractivity contribution in [3.63, 3.8) is 0 Å². The van der Waals surface area contributed by atoms with Crippen molar-refractivity contribution in [2.45, 2.75) is 19.1 Å². The van der Waals surface area contributed by atoms with Crippen LogP contribution in [0.4, 0.5) is 13.2 Å². The number of nitrogens with zero attached hydrogens (tertiary/aromatic N) is 2. The van der Waals surface area contributed by atoms with E-state index in [2.05, 4.69) is 15.2 Å². The molecule has 0 aromatic carbocycles. The molecule has 0 saturated heterocycles. The van der Waals surface area contributed by atoms with Crippen LogP contribution in [0.25, 0.3) is 0 Å². The van der Waals surface area contributed by atoms with Gasteiger partial charge >= 0.3 is 12.1 Å². The van der Waals surface area contributed by atoms with E-state index in [1.807, 2.05) is 0 Å². The number of carbonyl (C=O) groups excluding carboxylic acids is 1. The number of methoxy groups -OCH3 is 2. The fourth-order valence-electron chi connectivity index (χ4n) is 1.87. The molecular weight excluding hydrogens is 279 g/mol. The standard InChI is InChI=1S/C11H16F3N3O3/c1-6-7(9(19-3)17(2)16-6)8(10(18)20-4)15-5-11(12,13)14/h8,15H,5H2,1-4H3. The van der Waals surface area contributed by atoms with Gasteiger partial charge in [-0.15, -0.1) is 0 Å². The van der Waals surface area contributed by atoms with E-state index < -0.39 is 24.7 Å². The van der Waals surface area contributed by atoms with Crippen LogP contribution < -0.4 is 10.1 Å². The van der Waals surface area contributed by atoms with E-state index >= 15 is 0 Å². The third kappa shape index (κ3) is 3.62. The van der Waals surface area contributed by atoms with Crippen molar-refractivity contribution in [3.05, 3.63) is 11.3 Å². The maximum absolute atomic E-state index is 12.3. The number of nitrogens with one attached hydrogen (secondary N) is 1. The van der Waals surface area contributed by atoms with Crippen LogP contribution in [0.15, 0.2) is 0 Å². The van der Waals surface area contributed by atoms with Gasteiger partial charge in [0.2, 0.25) is 5.88 Å². The molecule has 20 heavy (non-hydrogen) atoms. The third-order valence-corrected chi connectivity index (χ3v) is 2.64. The SMILES string of the molecule is COC(=O)C(NCC(F)(F)F)c1c(C)nn(C)c1OC. The zero-order valence-electron chi connectivity index (χ0n) is 11.5. The Morgan fingerprint density at radius 2 is 2.05 bits per heavy atom. The van der Waals surface area contributed by atoms with Gasteiger partial charge in [-0.25, -0.2) is 9.48 Å². The Hall–Kier alpha value is -1.77. The van der Waals surface area contributed by atoms with Gasteiger partial charge in [0.1, 0.15) is 6.04 Å². The summed E-state index contributed by atoms with van der Waals surface area (Å²) in [5.41, 5.74) is 0.612. The molecule has 0 aliphatic heterocycles. The zero-order chi connectivity index (χ0) is 15.5. The summed E-state index contributed by atoms with van der Waals surface area (Å²) in [7, 11) is 4.01. The molecule has 0 radical (unpaired) electrons. The Balaban J connectivity index is 3.14. The zero-order valence-corrected chi connectivity index (χ0v) is 11.5. The highest BCUT2D eigenvalue weighted by molar-refractivity contribution is 5.78. The number of ether oxygens (including phenoxy) is 2. The van der Waals surface area contributed by atoms with Crippen LogP contribution in [0.1, 0.15) is 17.3 Å². The van der Waals surface area contributed by atoms with Crippen molar-refractivity contribution in [1.29, 1.82) is 0 Å². The molecule has 1 atom stereocenters. The highest BCUT2D eigenvalue weighted by Crippen LogP contribution is 2.29. The number of hydrogen-bond acceptors (Lipinski definition) is 5. The van der Waals surface area contributed by atoms with Crippen LogP contribution in [0, 0.1) is 6.92 Å². The summed E-state index contributed by atoms with van der Waals surface area (Å²) in [6, 6.07) is -1.30. The summed E-state index contributed by atoms with van der Waals surface area (Å²) < 4.78 is 47.9. The Bertz CT molecular complexity index is 485. The lowest BCUT2D eigenvalue weighted by atomic mass is 10.1. The average Bonchev–Trinajstić information content (AvgIpc) is 2.62. The van der Waals surface area contributed by atoms with Crippen LogP contribution in [-0.2, 0) is 16.6 Å². The Morgan fingerprint density at radius 3 is 2.50 bits per heavy atom. The lowest BCUT2D eigenvalue weighted by Crippen LogP contribution is -2.37. The van der Waals surface area contributed by atoms with Crippen molar-refractivity contribution in [2.75, 3.05) is 20.8 Å². The maximum atomic E-state index is 12.3. The number of halogens is 3. The second-order valence-corrected chi connectivity index (χ2v) is 4.08. The predicted molar refractivity (Wildman–Crippen MR) is 63.3 cm³/mol. The first-order valence-electron chi connectivity index (χ1n) is 5.66. The molecule has 1 unspecified atom stereocenters. The summed E-state index contributed by atoms with van der Waals surface area (Å²) in [6.45, 7) is 0.243. The summed E-state index contributed by atoms with van der Waals surface area (Å²) in [4.78, 5) is 11.7. The van der Waals surface area contributed by atoms with Crippen LogP contribution in [0.2, 0.25) is 0 Å². The van der Waals surface area contributed by atoms with Gasteiger partial charge in [-0.2, -0.15) is 18.3 Å². The van der Waals surface area contributed by atoms with E-state index in [1.165, 1.54) is 11.8 Å².